The molecule has 1 aromatic heterocycles. The lowest BCUT2D eigenvalue weighted by atomic mass is 10.1. The minimum absolute atomic E-state index is 0.00316. The fraction of sp³-hybridized carbons (Fsp3) is 0.312. The normalized spacial score (nSPS) is 13.7. The van der Waals surface area contributed by atoms with Gasteiger partial charge >= 0.3 is 0 Å². The van der Waals surface area contributed by atoms with Crippen molar-refractivity contribution in [2.45, 2.75) is 25.9 Å². The number of rotatable bonds is 6. The molecular weight excluding hydrogens is 288 g/mol. The number of amides is 1. The summed E-state index contributed by atoms with van der Waals surface area (Å²) in [6.45, 7) is 4.13. The first-order chi connectivity index (χ1) is 10.1. The second-order valence-corrected chi connectivity index (χ2v) is 5.40. The predicted molar refractivity (Wildman–Crippen MR) is 83.1 cm³/mol. The molecule has 1 heterocycles. The molecule has 0 aliphatic rings. The molecule has 2 atom stereocenters. The molecule has 2 rings (SSSR count). The SMILES string of the molecule is C[C@H](NC(=O)CN[C@@H](C)c1ccco1)c1ccc(Cl)cc1. The smallest absolute Gasteiger partial charge is 0.234 e. The van der Waals surface area contributed by atoms with Gasteiger partial charge in [-0.25, -0.2) is 0 Å². The molecule has 2 N–H and O–H groups in total. The Hall–Kier alpha value is -1.78. The molecule has 0 bridgehead atoms. The number of hydrogen-bond acceptors (Lipinski definition) is 3. The first kappa shape index (κ1) is 15.6. The van der Waals surface area contributed by atoms with Crippen LogP contribution in [0.3, 0.4) is 0 Å². The van der Waals surface area contributed by atoms with Crippen LogP contribution >= 0.6 is 11.6 Å². The van der Waals surface area contributed by atoms with Gasteiger partial charge < -0.3 is 9.73 Å². The van der Waals surface area contributed by atoms with E-state index in [2.05, 4.69) is 10.6 Å². The summed E-state index contributed by atoms with van der Waals surface area (Å²) in [5.41, 5.74) is 1.02. The van der Waals surface area contributed by atoms with Crippen LogP contribution in [0.2, 0.25) is 5.02 Å². The summed E-state index contributed by atoms with van der Waals surface area (Å²) in [6.07, 6.45) is 1.62. The third-order valence-corrected chi connectivity index (χ3v) is 3.54. The molecular formula is C16H19ClN2O2. The van der Waals surface area contributed by atoms with Gasteiger partial charge in [-0.2, -0.15) is 0 Å². The Morgan fingerprint density at radius 2 is 1.90 bits per heavy atom. The lowest BCUT2D eigenvalue weighted by Crippen LogP contribution is -2.36. The van der Waals surface area contributed by atoms with Gasteiger partial charge in [-0.3, -0.25) is 10.1 Å². The molecule has 0 aliphatic carbocycles. The van der Waals surface area contributed by atoms with Crippen molar-refractivity contribution in [3.8, 4) is 0 Å². The summed E-state index contributed by atoms with van der Waals surface area (Å²) in [6, 6.07) is 11.1. The maximum Gasteiger partial charge on any atom is 0.234 e. The Morgan fingerprint density at radius 1 is 1.19 bits per heavy atom. The average molecular weight is 307 g/mol. The van der Waals surface area contributed by atoms with E-state index < -0.39 is 0 Å². The predicted octanol–water partition coefficient (Wildman–Crippen LogP) is 3.46. The van der Waals surface area contributed by atoms with Crippen molar-refractivity contribution in [1.82, 2.24) is 10.6 Å². The number of halogens is 1. The Bertz CT molecular complexity index is 566. The first-order valence-electron chi connectivity index (χ1n) is 6.88. The van der Waals surface area contributed by atoms with Gasteiger partial charge in [0.15, 0.2) is 0 Å². The van der Waals surface area contributed by atoms with Crippen molar-refractivity contribution in [2.75, 3.05) is 6.54 Å². The third kappa shape index (κ3) is 4.62. The quantitative estimate of drug-likeness (QED) is 0.859. The minimum atomic E-state index is -0.0597. The topological polar surface area (TPSA) is 54.3 Å². The Morgan fingerprint density at radius 3 is 2.52 bits per heavy atom. The van der Waals surface area contributed by atoms with E-state index in [9.17, 15) is 4.79 Å². The second kappa shape index (κ2) is 7.29. The molecule has 21 heavy (non-hydrogen) atoms. The van der Waals surface area contributed by atoms with Crippen LogP contribution in [0.15, 0.2) is 47.1 Å². The van der Waals surface area contributed by atoms with Gasteiger partial charge in [-0.1, -0.05) is 23.7 Å². The molecule has 1 aromatic carbocycles. The zero-order chi connectivity index (χ0) is 15.2. The van der Waals surface area contributed by atoms with E-state index in [4.69, 9.17) is 16.0 Å². The molecule has 0 fully saturated rings. The maximum absolute atomic E-state index is 11.9. The molecule has 4 nitrogen and oxygen atoms in total. The summed E-state index contributed by atoms with van der Waals surface area (Å²) in [4.78, 5) is 11.9. The van der Waals surface area contributed by atoms with E-state index in [-0.39, 0.29) is 24.5 Å². The van der Waals surface area contributed by atoms with Gasteiger partial charge in [-0.05, 0) is 43.7 Å². The summed E-state index contributed by atoms with van der Waals surface area (Å²) < 4.78 is 5.28. The molecule has 0 unspecified atom stereocenters. The fourth-order valence-electron chi connectivity index (χ4n) is 2.01. The largest absolute Gasteiger partial charge is 0.468 e. The highest BCUT2D eigenvalue weighted by Gasteiger charge is 2.12. The molecule has 0 saturated heterocycles. The number of furan rings is 1. The van der Waals surface area contributed by atoms with E-state index in [1.54, 1.807) is 6.26 Å². The highest BCUT2D eigenvalue weighted by molar-refractivity contribution is 6.30. The molecule has 0 spiro atoms. The van der Waals surface area contributed by atoms with Crippen LogP contribution in [0, 0.1) is 0 Å². The molecule has 112 valence electrons. The zero-order valence-corrected chi connectivity index (χ0v) is 12.9. The van der Waals surface area contributed by atoms with E-state index >= 15 is 0 Å². The maximum atomic E-state index is 11.9. The van der Waals surface area contributed by atoms with Gasteiger partial charge in [0.05, 0.1) is 24.9 Å². The highest BCUT2D eigenvalue weighted by Crippen LogP contribution is 2.16. The highest BCUT2D eigenvalue weighted by atomic mass is 35.5. The Balaban J connectivity index is 1.80. The van der Waals surface area contributed by atoms with Crippen LogP contribution in [-0.4, -0.2) is 12.5 Å². The molecule has 0 aliphatic heterocycles. The number of carbonyl (C=O) groups is 1. The number of benzene rings is 1. The number of nitrogens with one attached hydrogen (secondary N) is 2. The molecule has 1 amide bonds. The van der Waals surface area contributed by atoms with E-state index in [0.717, 1.165) is 11.3 Å². The molecule has 2 aromatic rings. The van der Waals surface area contributed by atoms with Crippen molar-refractivity contribution in [3.05, 3.63) is 59.0 Å². The van der Waals surface area contributed by atoms with E-state index in [0.29, 0.717) is 5.02 Å². The van der Waals surface area contributed by atoms with Crippen molar-refractivity contribution in [1.29, 1.82) is 0 Å². The van der Waals surface area contributed by atoms with Gasteiger partial charge in [0, 0.05) is 5.02 Å². The Labute approximate surface area is 129 Å². The number of carbonyl (C=O) groups excluding carboxylic acids is 1. The third-order valence-electron chi connectivity index (χ3n) is 3.29. The molecule has 5 heteroatoms. The lowest BCUT2D eigenvalue weighted by molar-refractivity contribution is -0.121. The van der Waals surface area contributed by atoms with Crippen LogP contribution in [0.25, 0.3) is 0 Å². The van der Waals surface area contributed by atoms with Gasteiger partial charge in [0.25, 0.3) is 0 Å². The lowest BCUT2D eigenvalue weighted by Gasteiger charge is -2.16. The van der Waals surface area contributed by atoms with Crippen molar-refractivity contribution in [2.24, 2.45) is 0 Å². The Kier molecular flexibility index (Phi) is 5.42. The van der Waals surface area contributed by atoms with Gasteiger partial charge in [0.2, 0.25) is 5.91 Å². The van der Waals surface area contributed by atoms with Crippen LogP contribution in [0.4, 0.5) is 0 Å². The standard InChI is InChI=1S/C16H19ClN2O2/c1-11(13-5-7-14(17)8-6-13)19-16(20)10-18-12(2)15-4-3-9-21-15/h3-9,11-12,18H,10H2,1-2H3,(H,19,20)/t11-,12-/m0/s1. The monoisotopic (exact) mass is 306 g/mol. The second-order valence-electron chi connectivity index (χ2n) is 4.96. The van der Waals surface area contributed by atoms with Crippen molar-refractivity contribution < 1.29 is 9.21 Å². The molecule has 0 radical (unpaired) electrons. The first-order valence-corrected chi connectivity index (χ1v) is 7.25. The summed E-state index contributed by atoms with van der Waals surface area (Å²) in [7, 11) is 0. The van der Waals surface area contributed by atoms with Crippen LogP contribution in [-0.2, 0) is 4.79 Å². The summed E-state index contributed by atoms with van der Waals surface area (Å²) in [5, 5.41) is 6.75. The fourth-order valence-corrected chi connectivity index (χ4v) is 2.14. The van der Waals surface area contributed by atoms with Gasteiger partial charge in [-0.15, -0.1) is 0 Å². The van der Waals surface area contributed by atoms with E-state index in [1.165, 1.54) is 0 Å². The van der Waals surface area contributed by atoms with Crippen LogP contribution in [0.1, 0.15) is 37.3 Å². The number of hydrogen-bond donors (Lipinski definition) is 2. The van der Waals surface area contributed by atoms with Gasteiger partial charge in [0.1, 0.15) is 5.76 Å². The molecule has 0 saturated carbocycles. The van der Waals surface area contributed by atoms with Crippen LogP contribution in [0.5, 0.6) is 0 Å². The van der Waals surface area contributed by atoms with Crippen molar-refractivity contribution in [3.63, 3.8) is 0 Å². The van der Waals surface area contributed by atoms with E-state index in [1.807, 2.05) is 50.2 Å². The van der Waals surface area contributed by atoms with Crippen LogP contribution < -0.4 is 10.6 Å². The average Bonchev–Trinajstić information content (AvgIpc) is 2.99. The zero-order valence-electron chi connectivity index (χ0n) is 12.1. The summed E-state index contributed by atoms with van der Waals surface area (Å²) in [5.74, 6) is 0.754. The summed E-state index contributed by atoms with van der Waals surface area (Å²) >= 11 is 5.85. The minimum Gasteiger partial charge on any atom is -0.468 e. The van der Waals surface area contributed by atoms with Crippen molar-refractivity contribution >= 4 is 17.5 Å².